The molecule has 0 amide bonds. The van der Waals surface area contributed by atoms with Gasteiger partial charge in [-0.15, -0.1) is 11.8 Å². The second-order valence-corrected chi connectivity index (χ2v) is 7.51. The first-order chi connectivity index (χ1) is 12.6. The standard InChI is InChI=1S/C23H25N2S.Y/c1-5-21(16-19-9-7-6-8-10-19)25-18(3)17(2)15-23(24-25)20-11-13-22(26-4)14-12-20;/h6-14,17,21H,1,3,15-16H2,2,4H3;/q-1;. The summed E-state index contributed by atoms with van der Waals surface area (Å²) in [6.45, 7) is 10.4. The van der Waals surface area contributed by atoms with E-state index in [2.05, 4.69) is 80.9 Å². The maximum Gasteiger partial charge on any atom is 0.0687 e. The molecule has 2 aromatic rings. The van der Waals surface area contributed by atoms with E-state index in [0.717, 1.165) is 24.3 Å². The molecule has 0 fully saturated rings. The van der Waals surface area contributed by atoms with Crippen molar-refractivity contribution in [1.29, 1.82) is 0 Å². The van der Waals surface area contributed by atoms with E-state index in [0.29, 0.717) is 5.92 Å². The molecule has 0 aromatic heterocycles. The van der Waals surface area contributed by atoms with Crippen LogP contribution in [0.2, 0.25) is 0 Å². The van der Waals surface area contributed by atoms with Crippen molar-refractivity contribution in [3.63, 3.8) is 0 Å². The largest absolute Gasteiger partial charge is 0.478 e. The van der Waals surface area contributed by atoms with Crippen molar-refractivity contribution in [2.24, 2.45) is 11.0 Å². The van der Waals surface area contributed by atoms with Crippen molar-refractivity contribution in [1.82, 2.24) is 5.01 Å². The molecule has 0 N–H and O–H groups in total. The zero-order valence-electron chi connectivity index (χ0n) is 16.1. The van der Waals surface area contributed by atoms with E-state index < -0.39 is 0 Å². The fourth-order valence-corrected chi connectivity index (χ4v) is 3.59. The average molecular weight is 450 g/mol. The van der Waals surface area contributed by atoms with Crippen LogP contribution >= 0.6 is 11.8 Å². The fourth-order valence-electron chi connectivity index (χ4n) is 3.18. The number of thioether (sulfide) groups is 1. The molecule has 2 nitrogen and oxygen atoms in total. The molecule has 137 valence electrons. The average Bonchev–Trinajstić information content (AvgIpc) is 2.69. The molecule has 0 aliphatic carbocycles. The normalized spacial score (nSPS) is 17.7. The van der Waals surface area contributed by atoms with Gasteiger partial charge in [-0.25, -0.2) is 0 Å². The zero-order chi connectivity index (χ0) is 18.5. The summed E-state index contributed by atoms with van der Waals surface area (Å²) in [4.78, 5) is 1.26. The molecular formula is C23H25N2SY-. The van der Waals surface area contributed by atoms with Crippen LogP contribution < -0.4 is 0 Å². The minimum Gasteiger partial charge on any atom is -0.478 e. The minimum absolute atomic E-state index is 0. The summed E-state index contributed by atoms with van der Waals surface area (Å²) in [5.41, 5.74) is 4.56. The quantitative estimate of drug-likeness (QED) is 0.423. The summed E-state index contributed by atoms with van der Waals surface area (Å²) in [6, 6.07) is 19.0. The Hall–Kier alpha value is -1.16. The van der Waals surface area contributed by atoms with E-state index in [1.807, 2.05) is 11.1 Å². The molecule has 0 saturated heterocycles. The molecule has 1 heterocycles. The molecule has 2 aromatic carbocycles. The van der Waals surface area contributed by atoms with Crippen molar-refractivity contribution in [3.05, 3.63) is 90.7 Å². The first-order valence-corrected chi connectivity index (χ1v) is 10.1. The minimum atomic E-state index is -0.0203. The number of benzene rings is 2. The Morgan fingerprint density at radius 3 is 2.44 bits per heavy atom. The van der Waals surface area contributed by atoms with Crippen LogP contribution in [0.4, 0.5) is 0 Å². The second kappa shape index (κ2) is 10.4. The van der Waals surface area contributed by atoms with Gasteiger partial charge in [-0.1, -0.05) is 62.0 Å². The van der Waals surface area contributed by atoms with Gasteiger partial charge in [-0.2, -0.15) is 5.10 Å². The van der Waals surface area contributed by atoms with Gasteiger partial charge < -0.3 is 6.08 Å². The van der Waals surface area contributed by atoms with Gasteiger partial charge in [0.05, 0.1) is 5.71 Å². The monoisotopic (exact) mass is 450 g/mol. The Kier molecular flexibility index (Phi) is 8.53. The van der Waals surface area contributed by atoms with Crippen molar-refractivity contribution in [3.8, 4) is 0 Å². The van der Waals surface area contributed by atoms with Crippen molar-refractivity contribution >= 4 is 17.5 Å². The molecule has 2 atom stereocenters. The van der Waals surface area contributed by atoms with Crippen LogP contribution in [0.15, 0.2) is 83.4 Å². The number of rotatable bonds is 6. The first-order valence-electron chi connectivity index (χ1n) is 8.89. The van der Waals surface area contributed by atoms with E-state index in [1.54, 1.807) is 11.8 Å². The molecule has 27 heavy (non-hydrogen) atoms. The molecule has 1 radical (unpaired) electrons. The molecular weight excluding hydrogens is 425 g/mol. The topological polar surface area (TPSA) is 15.6 Å². The number of hydrogen-bond donors (Lipinski definition) is 0. The van der Waals surface area contributed by atoms with Crippen LogP contribution in [-0.2, 0) is 39.1 Å². The molecule has 0 saturated carbocycles. The first kappa shape index (κ1) is 22.1. The number of nitrogens with zero attached hydrogens (tertiary/aromatic N) is 2. The van der Waals surface area contributed by atoms with Gasteiger partial charge in [0.15, 0.2) is 0 Å². The van der Waals surface area contributed by atoms with Gasteiger partial charge in [0.1, 0.15) is 0 Å². The number of hydrogen-bond acceptors (Lipinski definition) is 3. The molecule has 2 unspecified atom stereocenters. The van der Waals surface area contributed by atoms with Crippen LogP contribution in [0.5, 0.6) is 0 Å². The molecule has 0 bridgehead atoms. The van der Waals surface area contributed by atoms with E-state index in [4.69, 9.17) is 5.10 Å². The van der Waals surface area contributed by atoms with Gasteiger partial charge >= 0.3 is 0 Å². The predicted molar refractivity (Wildman–Crippen MR) is 112 cm³/mol. The third-order valence-corrected chi connectivity index (χ3v) is 5.56. The van der Waals surface area contributed by atoms with Gasteiger partial charge in [-0.3, -0.25) is 11.6 Å². The van der Waals surface area contributed by atoms with E-state index in [-0.39, 0.29) is 38.8 Å². The summed E-state index contributed by atoms with van der Waals surface area (Å²) >= 11 is 1.75. The number of allylic oxidation sites excluding steroid dienone is 1. The summed E-state index contributed by atoms with van der Waals surface area (Å²) < 4.78 is 0. The van der Waals surface area contributed by atoms with E-state index in [9.17, 15) is 0 Å². The zero-order valence-corrected chi connectivity index (χ0v) is 19.7. The summed E-state index contributed by atoms with van der Waals surface area (Å²) in [5, 5.41) is 6.97. The van der Waals surface area contributed by atoms with Gasteiger partial charge in [0, 0.05) is 55.6 Å². The van der Waals surface area contributed by atoms with Crippen LogP contribution in [0, 0.1) is 12.0 Å². The molecule has 3 rings (SSSR count). The van der Waals surface area contributed by atoms with Crippen molar-refractivity contribution in [2.75, 3.05) is 6.26 Å². The second-order valence-electron chi connectivity index (χ2n) is 6.63. The Labute approximate surface area is 192 Å². The van der Waals surface area contributed by atoms with Gasteiger partial charge in [0.25, 0.3) is 0 Å². The summed E-state index contributed by atoms with van der Waals surface area (Å²) in [5.74, 6) is 0.342. The molecule has 1 aliphatic rings. The van der Waals surface area contributed by atoms with Gasteiger partial charge in [0.2, 0.25) is 0 Å². The Balaban J connectivity index is 0.00000261. The fraction of sp³-hybridized carbons (Fsp3) is 0.261. The van der Waals surface area contributed by atoms with Crippen LogP contribution in [0.25, 0.3) is 0 Å². The molecule has 0 spiro atoms. The van der Waals surface area contributed by atoms with Crippen molar-refractivity contribution < 1.29 is 32.7 Å². The summed E-state index contributed by atoms with van der Waals surface area (Å²) in [6.07, 6.45) is 6.98. The van der Waals surface area contributed by atoms with Gasteiger partial charge in [-0.05, 0) is 35.9 Å². The Morgan fingerprint density at radius 1 is 1.19 bits per heavy atom. The Morgan fingerprint density at radius 2 is 1.85 bits per heavy atom. The van der Waals surface area contributed by atoms with Crippen molar-refractivity contribution in [2.45, 2.75) is 30.7 Å². The maximum atomic E-state index is 4.95. The summed E-state index contributed by atoms with van der Waals surface area (Å²) in [7, 11) is 0. The van der Waals surface area contributed by atoms with Crippen LogP contribution in [-0.4, -0.2) is 23.0 Å². The third-order valence-electron chi connectivity index (χ3n) is 4.82. The third kappa shape index (κ3) is 5.43. The number of hydrazone groups is 1. The molecule has 4 heteroatoms. The van der Waals surface area contributed by atoms with Crippen LogP contribution in [0.1, 0.15) is 24.5 Å². The predicted octanol–water partition coefficient (Wildman–Crippen LogP) is 5.57. The maximum absolute atomic E-state index is 4.95. The smallest absolute Gasteiger partial charge is 0.0687 e. The molecule has 1 aliphatic heterocycles. The Bertz CT molecular complexity index is 799. The van der Waals surface area contributed by atoms with E-state index >= 15 is 0 Å². The SMILES string of the molecule is C=[C-]C(Cc1ccccc1)N1N=C(c2ccc(SC)cc2)CC(C)C1=C.[Y]. The van der Waals surface area contributed by atoms with Crippen LogP contribution in [0.3, 0.4) is 0 Å². The van der Waals surface area contributed by atoms with E-state index in [1.165, 1.54) is 16.0 Å².